The van der Waals surface area contributed by atoms with Crippen molar-refractivity contribution in [1.29, 1.82) is 0 Å². The van der Waals surface area contributed by atoms with Gasteiger partial charge in [-0.05, 0) is 45.1 Å². The number of nitrogens with zero attached hydrogens (tertiary/aromatic N) is 1. The molecule has 0 saturated carbocycles. The van der Waals surface area contributed by atoms with Crippen molar-refractivity contribution < 1.29 is 9.18 Å². The summed E-state index contributed by atoms with van der Waals surface area (Å²) in [6, 6.07) is 6.59. The third-order valence-corrected chi connectivity index (χ3v) is 3.50. The summed E-state index contributed by atoms with van der Waals surface area (Å²) in [6.45, 7) is 2.26. The van der Waals surface area contributed by atoms with Crippen LogP contribution in [0.4, 0.5) is 4.39 Å². The predicted octanol–water partition coefficient (Wildman–Crippen LogP) is 1.69. The average Bonchev–Trinajstić information content (AvgIpc) is 2.40. The molecule has 1 saturated heterocycles. The zero-order chi connectivity index (χ0) is 13.0. The fourth-order valence-corrected chi connectivity index (χ4v) is 2.38. The van der Waals surface area contributed by atoms with E-state index < -0.39 is 5.82 Å². The van der Waals surface area contributed by atoms with Gasteiger partial charge in [-0.25, -0.2) is 4.39 Å². The first-order valence-electron chi connectivity index (χ1n) is 6.37. The highest BCUT2D eigenvalue weighted by Gasteiger charge is 2.21. The molecule has 0 amide bonds. The SMILES string of the molecule is CN(CC(=O)c1ccccc1F)C1CCNCC1. The van der Waals surface area contributed by atoms with Crippen molar-refractivity contribution in [3.63, 3.8) is 0 Å². The number of carbonyl (C=O) groups is 1. The monoisotopic (exact) mass is 250 g/mol. The maximum atomic E-state index is 13.5. The predicted molar refractivity (Wildman–Crippen MR) is 69.3 cm³/mol. The van der Waals surface area contributed by atoms with Crippen molar-refractivity contribution in [2.75, 3.05) is 26.7 Å². The zero-order valence-electron chi connectivity index (χ0n) is 10.7. The number of ketones is 1. The third kappa shape index (κ3) is 3.15. The van der Waals surface area contributed by atoms with Gasteiger partial charge in [-0.15, -0.1) is 0 Å². The van der Waals surface area contributed by atoms with Crippen LogP contribution in [0.1, 0.15) is 23.2 Å². The summed E-state index contributed by atoms with van der Waals surface area (Å²) in [6.07, 6.45) is 2.09. The van der Waals surface area contributed by atoms with Gasteiger partial charge in [-0.3, -0.25) is 9.69 Å². The van der Waals surface area contributed by atoms with Gasteiger partial charge in [0.25, 0.3) is 0 Å². The molecule has 98 valence electrons. The number of likely N-dealkylation sites (N-methyl/N-ethyl adjacent to an activating group) is 1. The summed E-state index contributed by atoms with van der Waals surface area (Å²) in [5.41, 5.74) is 0.193. The van der Waals surface area contributed by atoms with Gasteiger partial charge in [0, 0.05) is 6.04 Å². The van der Waals surface area contributed by atoms with Crippen LogP contribution in [0.2, 0.25) is 0 Å². The van der Waals surface area contributed by atoms with E-state index in [0.29, 0.717) is 6.04 Å². The maximum absolute atomic E-state index is 13.5. The quantitative estimate of drug-likeness (QED) is 0.825. The highest BCUT2D eigenvalue weighted by molar-refractivity contribution is 5.97. The lowest BCUT2D eigenvalue weighted by molar-refractivity contribution is 0.0899. The number of hydrogen-bond acceptors (Lipinski definition) is 3. The van der Waals surface area contributed by atoms with Gasteiger partial charge in [0.1, 0.15) is 5.82 Å². The van der Waals surface area contributed by atoms with Crippen LogP contribution in [0.3, 0.4) is 0 Å². The van der Waals surface area contributed by atoms with Gasteiger partial charge >= 0.3 is 0 Å². The highest BCUT2D eigenvalue weighted by atomic mass is 19.1. The number of nitrogens with one attached hydrogen (secondary N) is 1. The van der Waals surface area contributed by atoms with E-state index in [1.54, 1.807) is 18.2 Å². The minimum atomic E-state index is -0.429. The van der Waals surface area contributed by atoms with Crippen molar-refractivity contribution in [2.45, 2.75) is 18.9 Å². The van der Waals surface area contributed by atoms with Crippen molar-refractivity contribution in [3.8, 4) is 0 Å². The minimum absolute atomic E-state index is 0.144. The molecule has 18 heavy (non-hydrogen) atoms. The first-order valence-corrected chi connectivity index (χ1v) is 6.37. The highest BCUT2D eigenvalue weighted by Crippen LogP contribution is 2.12. The van der Waals surface area contributed by atoms with E-state index in [1.165, 1.54) is 6.07 Å². The van der Waals surface area contributed by atoms with E-state index in [9.17, 15) is 9.18 Å². The largest absolute Gasteiger partial charge is 0.317 e. The molecule has 0 bridgehead atoms. The van der Waals surface area contributed by atoms with Crippen molar-refractivity contribution in [2.24, 2.45) is 0 Å². The lowest BCUT2D eigenvalue weighted by Crippen LogP contribution is -2.43. The van der Waals surface area contributed by atoms with Crippen LogP contribution in [0.25, 0.3) is 0 Å². The van der Waals surface area contributed by atoms with Gasteiger partial charge in [0.15, 0.2) is 5.78 Å². The lowest BCUT2D eigenvalue weighted by atomic mass is 10.0. The molecule has 2 rings (SSSR count). The molecular formula is C14H19FN2O. The van der Waals surface area contributed by atoms with Crippen molar-refractivity contribution >= 4 is 5.78 Å². The van der Waals surface area contributed by atoms with Gasteiger partial charge in [0.05, 0.1) is 12.1 Å². The van der Waals surface area contributed by atoms with Gasteiger partial charge in [0.2, 0.25) is 0 Å². The van der Waals surface area contributed by atoms with E-state index in [-0.39, 0.29) is 17.9 Å². The Balaban J connectivity index is 1.96. The van der Waals surface area contributed by atoms with Gasteiger partial charge in [-0.1, -0.05) is 12.1 Å². The van der Waals surface area contributed by atoms with Crippen LogP contribution in [0, 0.1) is 5.82 Å². The molecule has 1 aliphatic heterocycles. The second-order valence-electron chi connectivity index (χ2n) is 4.80. The van der Waals surface area contributed by atoms with Crippen LogP contribution in [0.5, 0.6) is 0 Å². The molecule has 0 aromatic heterocycles. The zero-order valence-corrected chi connectivity index (χ0v) is 10.7. The van der Waals surface area contributed by atoms with Crippen LogP contribution in [0.15, 0.2) is 24.3 Å². The number of carbonyl (C=O) groups excluding carboxylic acids is 1. The molecule has 0 spiro atoms. The molecule has 1 aromatic rings. The molecule has 4 heteroatoms. The van der Waals surface area contributed by atoms with E-state index in [4.69, 9.17) is 0 Å². The Morgan fingerprint density at radius 3 is 2.72 bits per heavy atom. The molecule has 1 aliphatic rings. The standard InChI is InChI=1S/C14H19FN2O/c1-17(11-6-8-16-9-7-11)10-14(18)12-4-2-3-5-13(12)15/h2-5,11,16H,6-10H2,1H3. The van der Waals surface area contributed by atoms with Crippen LogP contribution in [-0.2, 0) is 0 Å². The van der Waals surface area contributed by atoms with Gasteiger partial charge in [-0.2, -0.15) is 0 Å². The number of benzene rings is 1. The Hall–Kier alpha value is -1.26. The summed E-state index contributed by atoms with van der Waals surface area (Å²) in [7, 11) is 1.94. The molecule has 1 fully saturated rings. The Kier molecular flexibility index (Phi) is 4.44. The molecule has 1 heterocycles. The second-order valence-corrected chi connectivity index (χ2v) is 4.80. The average molecular weight is 250 g/mol. The molecule has 0 atom stereocenters. The van der Waals surface area contributed by atoms with Crippen LogP contribution in [-0.4, -0.2) is 43.4 Å². The smallest absolute Gasteiger partial charge is 0.179 e. The van der Waals surface area contributed by atoms with E-state index in [0.717, 1.165) is 25.9 Å². The topological polar surface area (TPSA) is 32.3 Å². The molecule has 0 aliphatic carbocycles. The maximum Gasteiger partial charge on any atom is 0.179 e. The molecule has 0 unspecified atom stereocenters. The summed E-state index contributed by atoms with van der Waals surface area (Å²) < 4.78 is 13.5. The van der Waals surface area contributed by atoms with Crippen LogP contribution >= 0.6 is 0 Å². The number of halogens is 1. The van der Waals surface area contributed by atoms with E-state index in [2.05, 4.69) is 5.32 Å². The molecule has 1 N–H and O–H groups in total. The second kappa shape index (κ2) is 6.07. The number of hydrogen-bond donors (Lipinski definition) is 1. The molecule has 0 radical (unpaired) electrons. The Bertz CT molecular complexity index is 416. The molecular weight excluding hydrogens is 231 g/mol. The van der Waals surface area contributed by atoms with Gasteiger partial charge < -0.3 is 5.32 Å². The van der Waals surface area contributed by atoms with E-state index >= 15 is 0 Å². The summed E-state index contributed by atoms with van der Waals surface area (Å²) in [5.74, 6) is -0.574. The number of rotatable bonds is 4. The fraction of sp³-hybridized carbons (Fsp3) is 0.500. The Morgan fingerprint density at radius 1 is 1.39 bits per heavy atom. The van der Waals surface area contributed by atoms with Crippen molar-refractivity contribution in [1.82, 2.24) is 10.2 Å². The summed E-state index contributed by atoms with van der Waals surface area (Å²) in [5, 5.41) is 3.29. The lowest BCUT2D eigenvalue weighted by Gasteiger charge is -2.31. The minimum Gasteiger partial charge on any atom is -0.317 e. The first-order chi connectivity index (χ1) is 8.68. The van der Waals surface area contributed by atoms with E-state index in [1.807, 2.05) is 11.9 Å². The molecule has 3 nitrogen and oxygen atoms in total. The number of piperidine rings is 1. The molecule has 1 aromatic carbocycles. The summed E-state index contributed by atoms with van der Waals surface area (Å²) >= 11 is 0. The number of Topliss-reactive ketones (excluding diaryl/α,β-unsaturated/α-hetero) is 1. The van der Waals surface area contributed by atoms with Crippen molar-refractivity contribution in [3.05, 3.63) is 35.6 Å². The summed E-state index contributed by atoms with van der Waals surface area (Å²) in [4.78, 5) is 14.1. The fourth-order valence-electron chi connectivity index (χ4n) is 2.38. The Morgan fingerprint density at radius 2 is 2.06 bits per heavy atom. The first kappa shape index (κ1) is 13.2. The van der Waals surface area contributed by atoms with Crippen LogP contribution < -0.4 is 5.32 Å². The third-order valence-electron chi connectivity index (χ3n) is 3.50. The Labute approximate surface area is 107 Å². The normalized spacial score (nSPS) is 17.1.